The van der Waals surface area contributed by atoms with E-state index in [1.54, 1.807) is 0 Å². The lowest BCUT2D eigenvalue weighted by Gasteiger charge is -2.42. The van der Waals surface area contributed by atoms with E-state index in [2.05, 4.69) is 4.90 Å². The Morgan fingerprint density at radius 2 is 1.79 bits per heavy atom. The zero-order chi connectivity index (χ0) is 13.2. The van der Waals surface area contributed by atoms with Gasteiger partial charge in [0.15, 0.2) is 0 Å². The van der Waals surface area contributed by atoms with Gasteiger partial charge < -0.3 is 10.6 Å². The molecule has 0 bridgehead atoms. The molecule has 2 saturated carbocycles. The number of hydrogen-bond donors (Lipinski definition) is 1. The molecule has 2 aliphatic carbocycles. The van der Waals surface area contributed by atoms with E-state index in [-0.39, 0.29) is 5.92 Å². The zero-order valence-electron chi connectivity index (χ0n) is 12.0. The number of rotatable bonds is 2. The summed E-state index contributed by atoms with van der Waals surface area (Å²) in [6.45, 7) is 2.74. The molecule has 1 amide bonds. The van der Waals surface area contributed by atoms with Gasteiger partial charge >= 0.3 is 0 Å². The highest BCUT2D eigenvalue weighted by Gasteiger charge is 2.38. The molecule has 3 nitrogen and oxygen atoms in total. The normalized spacial score (nSPS) is 39.1. The second kappa shape index (κ2) is 5.82. The fourth-order valence-corrected chi connectivity index (χ4v) is 4.68. The molecular weight excluding hydrogens is 236 g/mol. The predicted molar refractivity (Wildman–Crippen MR) is 76.5 cm³/mol. The fourth-order valence-electron chi connectivity index (χ4n) is 4.68. The molecule has 1 aliphatic heterocycles. The summed E-state index contributed by atoms with van der Waals surface area (Å²) in [7, 11) is 0. The number of piperidine rings is 1. The van der Waals surface area contributed by atoms with E-state index < -0.39 is 0 Å². The molecule has 0 radical (unpaired) electrons. The minimum absolute atomic E-state index is 0.241. The predicted octanol–water partition coefficient (Wildman–Crippen LogP) is 2.40. The van der Waals surface area contributed by atoms with E-state index >= 15 is 0 Å². The monoisotopic (exact) mass is 264 g/mol. The maximum Gasteiger partial charge on any atom is 0.226 e. The Morgan fingerprint density at radius 1 is 1.00 bits per heavy atom. The van der Waals surface area contributed by atoms with Gasteiger partial charge in [-0.05, 0) is 50.0 Å². The van der Waals surface area contributed by atoms with Gasteiger partial charge in [-0.15, -0.1) is 0 Å². The highest BCUT2D eigenvalue weighted by molar-refractivity contribution is 5.79. The van der Waals surface area contributed by atoms with Gasteiger partial charge in [0.1, 0.15) is 0 Å². The summed E-state index contributed by atoms with van der Waals surface area (Å²) in [4.78, 5) is 14.9. The second-order valence-electron chi connectivity index (χ2n) is 6.91. The number of carbonyl (C=O) groups is 1. The van der Waals surface area contributed by atoms with E-state index in [1.807, 2.05) is 0 Å². The van der Waals surface area contributed by atoms with Crippen molar-refractivity contribution in [1.82, 2.24) is 4.90 Å². The third-order valence-electron chi connectivity index (χ3n) is 5.88. The number of nitrogens with zero attached hydrogens (tertiary/aromatic N) is 1. The lowest BCUT2D eigenvalue weighted by Crippen LogP contribution is -2.47. The minimum atomic E-state index is 0.241. The molecule has 1 heterocycles. The van der Waals surface area contributed by atoms with Crippen LogP contribution < -0.4 is 5.73 Å². The minimum Gasteiger partial charge on any atom is -0.342 e. The highest BCUT2D eigenvalue weighted by atomic mass is 16.2. The Labute approximate surface area is 116 Å². The van der Waals surface area contributed by atoms with Crippen molar-refractivity contribution < 1.29 is 4.79 Å². The van der Waals surface area contributed by atoms with Gasteiger partial charge in [0.05, 0.1) is 0 Å². The molecule has 4 unspecified atom stereocenters. The maximum absolute atomic E-state index is 12.7. The van der Waals surface area contributed by atoms with Gasteiger partial charge in [0, 0.05) is 19.0 Å². The largest absolute Gasteiger partial charge is 0.342 e. The SMILES string of the molecule is NCC1CCCC1C(=O)N1CCC2CCCCC2C1. The van der Waals surface area contributed by atoms with Crippen LogP contribution in [0.4, 0.5) is 0 Å². The lowest BCUT2D eigenvalue weighted by molar-refractivity contribution is -0.139. The van der Waals surface area contributed by atoms with Crippen LogP contribution >= 0.6 is 0 Å². The van der Waals surface area contributed by atoms with Gasteiger partial charge in [0.25, 0.3) is 0 Å². The van der Waals surface area contributed by atoms with Gasteiger partial charge in [0.2, 0.25) is 5.91 Å². The Kier molecular flexibility index (Phi) is 4.11. The van der Waals surface area contributed by atoms with E-state index in [0.717, 1.165) is 37.8 Å². The van der Waals surface area contributed by atoms with Crippen molar-refractivity contribution in [3.8, 4) is 0 Å². The van der Waals surface area contributed by atoms with Gasteiger partial charge in [-0.2, -0.15) is 0 Å². The summed E-state index contributed by atoms with van der Waals surface area (Å²) >= 11 is 0. The van der Waals surface area contributed by atoms with Crippen LogP contribution in [-0.4, -0.2) is 30.4 Å². The highest BCUT2D eigenvalue weighted by Crippen LogP contribution is 2.38. The molecule has 4 atom stereocenters. The van der Waals surface area contributed by atoms with Crippen LogP contribution in [0.5, 0.6) is 0 Å². The number of amides is 1. The first-order valence-corrected chi connectivity index (χ1v) is 8.28. The molecule has 19 heavy (non-hydrogen) atoms. The van der Waals surface area contributed by atoms with Crippen LogP contribution in [0.15, 0.2) is 0 Å². The summed E-state index contributed by atoms with van der Waals surface area (Å²) in [6, 6.07) is 0. The van der Waals surface area contributed by atoms with Crippen molar-refractivity contribution in [2.75, 3.05) is 19.6 Å². The van der Waals surface area contributed by atoms with Crippen molar-refractivity contribution in [1.29, 1.82) is 0 Å². The summed E-state index contributed by atoms with van der Waals surface area (Å²) in [5, 5.41) is 0. The van der Waals surface area contributed by atoms with Crippen LogP contribution in [0.1, 0.15) is 51.4 Å². The molecule has 3 heteroatoms. The number of carbonyl (C=O) groups excluding carboxylic acids is 1. The van der Waals surface area contributed by atoms with Crippen LogP contribution in [0, 0.1) is 23.7 Å². The number of likely N-dealkylation sites (tertiary alicyclic amines) is 1. The lowest BCUT2D eigenvalue weighted by atomic mass is 9.75. The summed E-state index contributed by atoms with van der Waals surface area (Å²) in [5.74, 6) is 2.83. The number of fused-ring (bicyclic) bond motifs is 1. The Morgan fingerprint density at radius 3 is 2.58 bits per heavy atom. The van der Waals surface area contributed by atoms with Crippen LogP contribution in [0.3, 0.4) is 0 Å². The van der Waals surface area contributed by atoms with Crippen molar-refractivity contribution in [3.05, 3.63) is 0 Å². The van der Waals surface area contributed by atoms with Gasteiger partial charge in [-0.1, -0.05) is 25.7 Å². The molecule has 3 aliphatic rings. The molecule has 108 valence electrons. The third-order valence-corrected chi connectivity index (χ3v) is 5.88. The van der Waals surface area contributed by atoms with Crippen molar-refractivity contribution in [2.24, 2.45) is 29.4 Å². The van der Waals surface area contributed by atoms with E-state index in [0.29, 0.717) is 18.4 Å². The zero-order valence-corrected chi connectivity index (χ0v) is 12.0. The van der Waals surface area contributed by atoms with Crippen molar-refractivity contribution in [3.63, 3.8) is 0 Å². The molecule has 3 rings (SSSR count). The maximum atomic E-state index is 12.7. The third kappa shape index (κ3) is 2.67. The molecular formula is C16H28N2O. The van der Waals surface area contributed by atoms with Crippen LogP contribution in [0.25, 0.3) is 0 Å². The van der Waals surface area contributed by atoms with Crippen LogP contribution in [0.2, 0.25) is 0 Å². The summed E-state index contributed by atoms with van der Waals surface area (Å²) in [5.41, 5.74) is 5.83. The first-order valence-electron chi connectivity index (χ1n) is 8.28. The van der Waals surface area contributed by atoms with Gasteiger partial charge in [-0.3, -0.25) is 4.79 Å². The average molecular weight is 264 g/mol. The smallest absolute Gasteiger partial charge is 0.226 e. The molecule has 2 N–H and O–H groups in total. The molecule has 0 aromatic heterocycles. The van der Waals surface area contributed by atoms with E-state index in [9.17, 15) is 4.79 Å². The van der Waals surface area contributed by atoms with Crippen molar-refractivity contribution in [2.45, 2.75) is 51.4 Å². The first kappa shape index (κ1) is 13.4. The Hall–Kier alpha value is -0.570. The Balaban J connectivity index is 1.61. The molecule has 3 fully saturated rings. The van der Waals surface area contributed by atoms with Gasteiger partial charge in [-0.25, -0.2) is 0 Å². The standard InChI is InChI=1S/C16H28N2O/c17-10-13-6-3-7-15(13)16(19)18-9-8-12-4-1-2-5-14(12)11-18/h12-15H,1-11,17H2. The van der Waals surface area contributed by atoms with Crippen molar-refractivity contribution >= 4 is 5.91 Å². The van der Waals surface area contributed by atoms with E-state index in [4.69, 9.17) is 5.73 Å². The number of hydrogen-bond acceptors (Lipinski definition) is 2. The summed E-state index contributed by atoms with van der Waals surface area (Å²) < 4.78 is 0. The molecule has 1 saturated heterocycles. The molecule has 0 aromatic carbocycles. The first-order chi connectivity index (χ1) is 9.29. The van der Waals surface area contributed by atoms with E-state index in [1.165, 1.54) is 38.5 Å². The quantitative estimate of drug-likeness (QED) is 0.832. The Bertz CT molecular complexity index is 331. The second-order valence-corrected chi connectivity index (χ2v) is 6.91. The fraction of sp³-hybridized carbons (Fsp3) is 0.938. The molecule has 0 spiro atoms. The topological polar surface area (TPSA) is 46.3 Å². The molecule has 0 aromatic rings. The average Bonchev–Trinajstić information content (AvgIpc) is 2.94. The van der Waals surface area contributed by atoms with Crippen LogP contribution in [-0.2, 0) is 4.79 Å². The number of nitrogens with two attached hydrogens (primary N) is 1. The summed E-state index contributed by atoms with van der Waals surface area (Å²) in [6.07, 6.45) is 10.2.